The SMILES string of the molecule is CNC(=O)C1c2cc(-c3ccc(C(=O)N(C)CC(=O)N(C)C)cc3)ccc2OC1c1ccc(F)cc1. The van der Waals surface area contributed by atoms with Gasteiger partial charge in [-0.15, -0.1) is 0 Å². The lowest BCUT2D eigenvalue weighted by Gasteiger charge is -2.19. The van der Waals surface area contributed by atoms with Crippen molar-refractivity contribution in [3.05, 3.63) is 89.2 Å². The van der Waals surface area contributed by atoms with Crippen LogP contribution in [0.5, 0.6) is 5.75 Å². The summed E-state index contributed by atoms with van der Waals surface area (Å²) in [5, 5.41) is 2.71. The Bertz CT molecular complexity index is 1290. The van der Waals surface area contributed by atoms with Crippen molar-refractivity contribution in [3.63, 3.8) is 0 Å². The molecule has 0 radical (unpaired) electrons. The van der Waals surface area contributed by atoms with Gasteiger partial charge in [-0.1, -0.05) is 30.3 Å². The summed E-state index contributed by atoms with van der Waals surface area (Å²) in [6, 6.07) is 18.7. The minimum Gasteiger partial charge on any atom is -0.484 e. The maximum Gasteiger partial charge on any atom is 0.254 e. The van der Waals surface area contributed by atoms with Gasteiger partial charge in [-0.05, 0) is 53.1 Å². The number of nitrogens with one attached hydrogen (secondary N) is 1. The van der Waals surface area contributed by atoms with Crippen molar-refractivity contribution >= 4 is 17.7 Å². The van der Waals surface area contributed by atoms with Crippen LogP contribution in [0.3, 0.4) is 0 Å². The maximum absolute atomic E-state index is 13.4. The van der Waals surface area contributed by atoms with Crippen LogP contribution >= 0.6 is 0 Å². The summed E-state index contributed by atoms with van der Waals surface area (Å²) >= 11 is 0. The predicted molar refractivity (Wildman–Crippen MR) is 134 cm³/mol. The molecule has 1 heterocycles. The third-order valence-corrected chi connectivity index (χ3v) is 6.31. The second-order valence-electron chi connectivity index (χ2n) is 8.96. The van der Waals surface area contributed by atoms with E-state index in [9.17, 15) is 18.8 Å². The van der Waals surface area contributed by atoms with E-state index in [1.165, 1.54) is 21.9 Å². The second kappa shape index (κ2) is 10.2. The third-order valence-electron chi connectivity index (χ3n) is 6.31. The highest BCUT2D eigenvalue weighted by molar-refractivity contribution is 5.96. The average Bonchev–Trinajstić information content (AvgIpc) is 3.27. The van der Waals surface area contributed by atoms with Gasteiger partial charge in [0.1, 0.15) is 23.6 Å². The molecular weight excluding hydrogens is 461 g/mol. The van der Waals surface area contributed by atoms with E-state index in [0.717, 1.165) is 16.7 Å². The highest BCUT2D eigenvalue weighted by Gasteiger charge is 2.40. The van der Waals surface area contributed by atoms with E-state index in [1.807, 2.05) is 30.3 Å². The molecule has 0 fully saturated rings. The molecule has 3 aromatic carbocycles. The van der Waals surface area contributed by atoms with E-state index in [0.29, 0.717) is 16.9 Å². The molecule has 2 unspecified atom stereocenters. The van der Waals surface area contributed by atoms with Gasteiger partial charge in [-0.3, -0.25) is 14.4 Å². The van der Waals surface area contributed by atoms with Crippen LogP contribution in [0, 0.1) is 5.82 Å². The molecule has 2 atom stereocenters. The second-order valence-corrected chi connectivity index (χ2v) is 8.96. The lowest BCUT2D eigenvalue weighted by atomic mass is 9.88. The summed E-state index contributed by atoms with van der Waals surface area (Å²) in [5.41, 5.74) is 3.64. The topological polar surface area (TPSA) is 79.0 Å². The van der Waals surface area contributed by atoms with E-state index in [-0.39, 0.29) is 30.1 Å². The van der Waals surface area contributed by atoms with Crippen molar-refractivity contribution in [1.29, 1.82) is 0 Å². The normalized spacial score (nSPS) is 16.0. The van der Waals surface area contributed by atoms with Gasteiger partial charge in [0.15, 0.2) is 0 Å². The van der Waals surface area contributed by atoms with E-state index in [4.69, 9.17) is 4.74 Å². The van der Waals surface area contributed by atoms with Crippen LogP contribution in [0.2, 0.25) is 0 Å². The minimum atomic E-state index is -0.598. The number of fused-ring (bicyclic) bond motifs is 1. The van der Waals surface area contributed by atoms with E-state index < -0.39 is 12.0 Å². The summed E-state index contributed by atoms with van der Waals surface area (Å²) in [6.07, 6.45) is -0.573. The molecule has 0 saturated heterocycles. The quantitative estimate of drug-likeness (QED) is 0.574. The number of amides is 3. The van der Waals surface area contributed by atoms with E-state index >= 15 is 0 Å². The third kappa shape index (κ3) is 4.93. The zero-order chi connectivity index (χ0) is 26.0. The molecule has 7 nitrogen and oxygen atoms in total. The van der Waals surface area contributed by atoms with Gasteiger partial charge in [-0.2, -0.15) is 0 Å². The Morgan fingerprint density at radius 3 is 2.17 bits per heavy atom. The first kappa shape index (κ1) is 24.9. The summed E-state index contributed by atoms with van der Waals surface area (Å²) < 4.78 is 19.6. The lowest BCUT2D eigenvalue weighted by Crippen LogP contribution is -2.37. The standard InChI is InChI=1S/C28H28FN3O4/c1-30-27(34)25-22-15-20(11-14-23(22)36-26(25)18-9-12-21(29)13-10-18)17-5-7-19(8-6-17)28(35)32(4)16-24(33)31(2)3/h5-15,25-26H,16H2,1-4H3,(H,30,34). The Balaban J connectivity index is 1.59. The molecule has 0 spiro atoms. The number of ether oxygens (including phenoxy) is 1. The Hall–Kier alpha value is -4.20. The molecular formula is C28H28FN3O4. The van der Waals surface area contributed by atoms with Crippen molar-refractivity contribution in [3.8, 4) is 16.9 Å². The fourth-order valence-electron chi connectivity index (χ4n) is 4.24. The first-order valence-electron chi connectivity index (χ1n) is 11.5. The summed E-state index contributed by atoms with van der Waals surface area (Å²) in [4.78, 5) is 40.3. The highest BCUT2D eigenvalue weighted by atomic mass is 19.1. The Morgan fingerprint density at radius 1 is 0.917 bits per heavy atom. The van der Waals surface area contributed by atoms with Crippen molar-refractivity contribution in [1.82, 2.24) is 15.1 Å². The average molecular weight is 490 g/mol. The Kier molecular flexibility index (Phi) is 7.05. The van der Waals surface area contributed by atoms with Crippen LogP contribution < -0.4 is 10.1 Å². The highest BCUT2D eigenvalue weighted by Crippen LogP contribution is 2.47. The summed E-state index contributed by atoms with van der Waals surface area (Å²) in [5.74, 6) is -0.963. The van der Waals surface area contributed by atoms with Crippen molar-refractivity contribution in [2.75, 3.05) is 34.7 Å². The maximum atomic E-state index is 13.4. The van der Waals surface area contributed by atoms with Crippen LogP contribution in [-0.2, 0) is 9.59 Å². The molecule has 36 heavy (non-hydrogen) atoms. The van der Waals surface area contributed by atoms with E-state index in [1.54, 1.807) is 52.5 Å². The van der Waals surface area contributed by atoms with Crippen molar-refractivity contribution in [2.24, 2.45) is 0 Å². The zero-order valence-electron chi connectivity index (χ0n) is 20.6. The van der Waals surface area contributed by atoms with Crippen LogP contribution in [0.25, 0.3) is 11.1 Å². The first-order chi connectivity index (χ1) is 17.2. The summed E-state index contributed by atoms with van der Waals surface area (Å²) in [7, 11) is 6.46. The fourth-order valence-corrected chi connectivity index (χ4v) is 4.24. The van der Waals surface area contributed by atoms with Crippen molar-refractivity contribution in [2.45, 2.75) is 12.0 Å². The molecule has 1 aliphatic rings. The largest absolute Gasteiger partial charge is 0.484 e. The number of likely N-dealkylation sites (N-methyl/N-ethyl adjacent to an activating group) is 3. The molecule has 1 aliphatic heterocycles. The number of halogens is 1. The molecule has 3 aromatic rings. The molecule has 0 aromatic heterocycles. The fraction of sp³-hybridized carbons (Fsp3) is 0.250. The molecule has 0 saturated carbocycles. The number of rotatable bonds is 6. The van der Waals surface area contributed by atoms with E-state index in [2.05, 4.69) is 5.32 Å². The lowest BCUT2D eigenvalue weighted by molar-refractivity contribution is -0.129. The van der Waals surface area contributed by atoms with Gasteiger partial charge < -0.3 is 19.9 Å². The molecule has 3 amide bonds. The number of carbonyl (C=O) groups excluding carboxylic acids is 3. The number of nitrogens with zero attached hydrogens (tertiary/aromatic N) is 2. The van der Waals surface area contributed by atoms with Gasteiger partial charge in [-0.25, -0.2) is 4.39 Å². The summed E-state index contributed by atoms with van der Waals surface area (Å²) in [6.45, 7) is -0.00545. The number of hydrogen-bond acceptors (Lipinski definition) is 4. The number of benzene rings is 3. The Labute approximate surface area is 209 Å². The van der Waals surface area contributed by atoms with Crippen LogP contribution in [0.15, 0.2) is 66.7 Å². The first-order valence-corrected chi connectivity index (χ1v) is 11.5. The predicted octanol–water partition coefficient (Wildman–Crippen LogP) is 3.62. The van der Waals surface area contributed by atoms with Gasteiger partial charge >= 0.3 is 0 Å². The monoisotopic (exact) mass is 489 g/mol. The van der Waals surface area contributed by atoms with Crippen LogP contribution in [0.4, 0.5) is 4.39 Å². The van der Waals surface area contributed by atoms with Gasteiger partial charge in [0.05, 0.1) is 6.54 Å². The number of hydrogen-bond donors (Lipinski definition) is 1. The van der Waals surface area contributed by atoms with Crippen LogP contribution in [-0.4, -0.2) is 62.3 Å². The molecule has 8 heteroatoms. The van der Waals surface area contributed by atoms with Crippen LogP contribution in [0.1, 0.15) is 33.5 Å². The molecule has 186 valence electrons. The molecule has 4 rings (SSSR count). The number of carbonyl (C=O) groups is 3. The Morgan fingerprint density at radius 2 is 1.56 bits per heavy atom. The smallest absolute Gasteiger partial charge is 0.254 e. The van der Waals surface area contributed by atoms with Crippen molar-refractivity contribution < 1.29 is 23.5 Å². The minimum absolute atomic E-state index is 0.00545. The molecule has 0 bridgehead atoms. The molecule has 0 aliphatic carbocycles. The zero-order valence-corrected chi connectivity index (χ0v) is 20.6. The van der Waals surface area contributed by atoms with Gasteiger partial charge in [0, 0.05) is 39.3 Å². The molecule has 1 N–H and O–H groups in total. The van der Waals surface area contributed by atoms with Gasteiger partial charge in [0.25, 0.3) is 5.91 Å². The van der Waals surface area contributed by atoms with Gasteiger partial charge in [0.2, 0.25) is 11.8 Å².